The van der Waals surface area contributed by atoms with Gasteiger partial charge in [0.2, 0.25) is 15.2 Å². The molecule has 1 aromatic carbocycles. The number of rotatable bonds is 8. The van der Waals surface area contributed by atoms with Gasteiger partial charge in [-0.15, -0.1) is 10.2 Å². The lowest BCUT2D eigenvalue weighted by molar-refractivity contribution is -0.139. The molecule has 0 saturated carbocycles. The zero-order valence-corrected chi connectivity index (χ0v) is 18.5. The zero-order chi connectivity index (χ0) is 21.6. The van der Waals surface area contributed by atoms with Crippen molar-refractivity contribution in [2.45, 2.75) is 16.2 Å². The van der Waals surface area contributed by atoms with Crippen molar-refractivity contribution in [2.75, 3.05) is 44.0 Å². The number of ether oxygens (including phenoxy) is 2. The number of nitrogens with zero attached hydrogens (tertiary/aromatic N) is 3. The van der Waals surface area contributed by atoms with Gasteiger partial charge in [0.15, 0.2) is 4.34 Å². The molecular weight excluding hydrogens is 452 g/mol. The van der Waals surface area contributed by atoms with Gasteiger partial charge in [-0.3, -0.25) is 14.9 Å². The Balaban J connectivity index is 1.59. The van der Waals surface area contributed by atoms with E-state index in [1.54, 1.807) is 6.92 Å². The molecule has 0 unspecified atom stereocenters. The van der Waals surface area contributed by atoms with E-state index in [0.29, 0.717) is 37.2 Å². The number of carbonyl (C=O) groups is 2. The SMILES string of the molecule is CCOC(=O)CSc1nnc(NC(=O)c2ccc(S(=O)(=O)N3CCOCC3)cc2)s1. The number of sulfonamides is 1. The molecule has 1 aliphatic rings. The van der Waals surface area contributed by atoms with Crippen LogP contribution in [0.3, 0.4) is 0 Å². The van der Waals surface area contributed by atoms with Crippen LogP contribution in [0.2, 0.25) is 0 Å². The summed E-state index contributed by atoms with van der Waals surface area (Å²) in [5.41, 5.74) is 0.284. The molecule has 162 valence electrons. The van der Waals surface area contributed by atoms with Crippen LogP contribution in [0, 0.1) is 0 Å². The highest BCUT2D eigenvalue weighted by atomic mass is 32.2. The molecule has 0 radical (unpaired) electrons. The van der Waals surface area contributed by atoms with Gasteiger partial charge in [0.1, 0.15) is 0 Å². The van der Waals surface area contributed by atoms with E-state index in [1.165, 1.54) is 40.3 Å². The number of aromatic nitrogens is 2. The molecule has 3 rings (SSSR count). The quantitative estimate of drug-likeness (QED) is 0.345. The predicted octanol–water partition coefficient (Wildman–Crippen LogP) is 1.47. The van der Waals surface area contributed by atoms with Gasteiger partial charge in [0.05, 0.1) is 30.5 Å². The average molecular weight is 473 g/mol. The summed E-state index contributed by atoms with van der Waals surface area (Å²) in [4.78, 5) is 23.9. The number of hydrogen-bond donors (Lipinski definition) is 1. The molecule has 0 aliphatic carbocycles. The zero-order valence-electron chi connectivity index (χ0n) is 16.1. The standard InChI is InChI=1S/C17H20N4O6S3/c1-2-27-14(22)11-28-17-20-19-16(29-17)18-15(23)12-3-5-13(6-4-12)30(24,25)21-7-9-26-10-8-21/h3-6H,2,7-11H2,1H3,(H,18,19,23). The number of esters is 1. The molecule has 2 aromatic rings. The van der Waals surface area contributed by atoms with Gasteiger partial charge < -0.3 is 9.47 Å². The smallest absolute Gasteiger partial charge is 0.316 e. The van der Waals surface area contributed by atoms with Gasteiger partial charge in [-0.1, -0.05) is 23.1 Å². The molecule has 1 saturated heterocycles. The second kappa shape index (κ2) is 10.3. The van der Waals surface area contributed by atoms with Crippen molar-refractivity contribution in [1.29, 1.82) is 0 Å². The van der Waals surface area contributed by atoms with Crippen LogP contribution < -0.4 is 5.32 Å². The van der Waals surface area contributed by atoms with Crippen molar-refractivity contribution < 1.29 is 27.5 Å². The Morgan fingerprint density at radius 1 is 1.23 bits per heavy atom. The fourth-order valence-electron chi connectivity index (χ4n) is 2.53. The van der Waals surface area contributed by atoms with Crippen LogP contribution in [-0.4, -0.2) is 73.5 Å². The maximum absolute atomic E-state index is 12.6. The number of nitrogens with one attached hydrogen (secondary N) is 1. The van der Waals surface area contributed by atoms with Crippen LogP contribution in [-0.2, 0) is 24.3 Å². The highest BCUT2D eigenvalue weighted by Gasteiger charge is 2.26. The number of morpholine rings is 1. The fourth-order valence-corrected chi connectivity index (χ4v) is 5.48. The van der Waals surface area contributed by atoms with Crippen LogP contribution in [0.25, 0.3) is 0 Å². The van der Waals surface area contributed by atoms with Gasteiger partial charge >= 0.3 is 5.97 Å². The van der Waals surface area contributed by atoms with Crippen LogP contribution in [0.5, 0.6) is 0 Å². The van der Waals surface area contributed by atoms with Crippen molar-refractivity contribution in [3.8, 4) is 0 Å². The Morgan fingerprint density at radius 3 is 2.60 bits per heavy atom. The van der Waals surface area contributed by atoms with Gasteiger partial charge in [0.25, 0.3) is 5.91 Å². The maximum Gasteiger partial charge on any atom is 0.316 e. The minimum atomic E-state index is -3.62. The predicted molar refractivity (Wildman–Crippen MR) is 111 cm³/mol. The molecule has 0 spiro atoms. The van der Waals surface area contributed by atoms with E-state index in [2.05, 4.69) is 15.5 Å². The van der Waals surface area contributed by atoms with E-state index in [-0.39, 0.29) is 27.3 Å². The summed E-state index contributed by atoms with van der Waals surface area (Å²) in [5, 5.41) is 10.7. The molecule has 10 nitrogen and oxygen atoms in total. The lowest BCUT2D eigenvalue weighted by atomic mass is 10.2. The highest BCUT2D eigenvalue weighted by Crippen LogP contribution is 2.26. The molecule has 2 heterocycles. The Bertz CT molecular complexity index is 987. The van der Waals surface area contributed by atoms with E-state index >= 15 is 0 Å². The lowest BCUT2D eigenvalue weighted by Crippen LogP contribution is -2.40. The molecule has 1 fully saturated rings. The monoisotopic (exact) mass is 472 g/mol. The first-order valence-electron chi connectivity index (χ1n) is 9.01. The first kappa shape index (κ1) is 22.6. The summed E-state index contributed by atoms with van der Waals surface area (Å²) in [6.45, 7) is 3.37. The maximum atomic E-state index is 12.6. The van der Waals surface area contributed by atoms with Crippen molar-refractivity contribution in [2.24, 2.45) is 0 Å². The molecule has 0 atom stereocenters. The Kier molecular flexibility index (Phi) is 7.77. The normalized spacial score (nSPS) is 15.0. The summed E-state index contributed by atoms with van der Waals surface area (Å²) in [6, 6.07) is 5.70. The summed E-state index contributed by atoms with van der Waals surface area (Å²) < 4.78 is 37.2. The molecule has 1 aliphatic heterocycles. The van der Waals surface area contributed by atoms with Crippen LogP contribution >= 0.6 is 23.1 Å². The first-order valence-corrected chi connectivity index (χ1v) is 12.3. The molecular formula is C17H20N4O6S3. The minimum absolute atomic E-state index is 0.107. The van der Waals surface area contributed by atoms with Crippen LogP contribution in [0.1, 0.15) is 17.3 Å². The Morgan fingerprint density at radius 2 is 1.93 bits per heavy atom. The van der Waals surface area contributed by atoms with Gasteiger partial charge in [0, 0.05) is 18.7 Å². The van der Waals surface area contributed by atoms with E-state index in [0.717, 1.165) is 11.3 Å². The third-order valence-electron chi connectivity index (χ3n) is 3.97. The molecule has 1 N–H and O–H groups in total. The van der Waals surface area contributed by atoms with Crippen molar-refractivity contribution >= 4 is 50.1 Å². The van der Waals surface area contributed by atoms with E-state index in [4.69, 9.17) is 9.47 Å². The Labute approximate surface area is 182 Å². The number of hydrogen-bond acceptors (Lipinski definition) is 10. The number of amides is 1. The number of anilines is 1. The molecule has 13 heteroatoms. The summed E-state index contributed by atoms with van der Waals surface area (Å²) in [7, 11) is -3.62. The lowest BCUT2D eigenvalue weighted by Gasteiger charge is -2.26. The Hall–Kier alpha value is -2.06. The summed E-state index contributed by atoms with van der Waals surface area (Å²) >= 11 is 2.30. The topological polar surface area (TPSA) is 128 Å². The number of carbonyl (C=O) groups excluding carboxylic acids is 2. The second-order valence-electron chi connectivity index (χ2n) is 5.96. The van der Waals surface area contributed by atoms with E-state index < -0.39 is 15.9 Å². The van der Waals surface area contributed by atoms with E-state index in [9.17, 15) is 18.0 Å². The average Bonchev–Trinajstić information content (AvgIpc) is 3.20. The largest absolute Gasteiger partial charge is 0.465 e. The molecule has 0 bridgehead atoms. The molecule has 30 heavy (non-hydrogen) atoms. The minimum Gasteiger partial charge on any atom is -0.465 e. The third kappa shape index (κ3) is 5.76. The third-order valence-corrected chi connectivity index (χ3v) is 7.83. The van der Waals surface area contributed by atoms with Crippen molar-refractivity contribution in [3.63, 3.8) is 0 Å². The van der Waals surface area contributed by atoms with Gasteiger partial charge in [-0.25, -0.2) is 8.42 Å². The van der Waals surface area contributed by atoms with Crippen molar-refractivity contribution in [1.82, 2.24) is 14.5 Å². The van der Waals surface area contributed by atoms with Gasteiger partial charge in [-0.05, 0) is 31.2 Å². The van der Waals surface area contributed by atoms with Crippen LogP contribution in [0.4, 0.5) is 5.13 Å². The van der Waals surface area contributed by atoms with Gasteiger partial charge in [-0.2, -0.15) is 4.31 Å². The number of thioether (sulfide) groups is 1. The fraction of sp³-hybridized carbons (Fsp3) is 0.412. The molecule has 1 aromatic heterocycles. The summed E-state index contributed by atoms with van der Waals surface area (Å²) in [5.74, 6) is -0.686. The number of benzene rings is 1. The summed E-state index contributed by atoms with van der Waals surface area (Å²) in [6.07, 6.45) is 0. The van der Waals surface area contributed by atoms with Crippen molar-refractivity contribution in [3.05, 3.63) is 29.8 Å². The second-order valence-corrected chi connectivity index (χ2v) is 10.1. The van der Waals surface area contributed by atoms with E-state index in [1.807, 2.05) is 0 Å². The molecule has 1 amide bonds. The van der Waals surface area contributed by atoms with Crippen LogP contribution in [0.15, 0.2) is 33.5 Å². The first-order chi connectivity index (χ1) is 14.4. The highest BCUT2D eigenvalue weighted by molar-refractivity contribution is 8.01.